The van der Waals surface area contributed by atoms with Gasteiger partial charge in [0.05, 0.1) is 10.2 Å². The molecule has 23 heavy (non-hydrogen) atoms. The van der Waals surface area contributed by atoms with Crippen molar-refractivity contribution in [3.63, 3.8) is 0 Å². The third kappa shape index (κ3) is 2.17. The summed E-state index contributed by atoms with van der Waals surface area (Å²) in [6, 6.07) is 5.79. The standard InChI is InChI=1S/C16H20ClN5S/c17-11-1-2-12-13(7-11)23-14(20-12)16(18)19-8-15(21-16)9-22-5-3-10(15)4-6-22/h1-2,7,10,19,21H,3-6,8-9,18H2. The minimum atomic E-state index is -0.741. The van der Waals surface area contributed by atoms with Gasteiger partial charge in [0.1, 0.15) is 5.01 Å². The zero-order chi connectivity index (χ0) is 15.7. The van der Waals surface area contributed by atoms with Crippen LogP contribution >= 0.6 is 22.9 Å². The maximum Gasteiger partial charge on any atom is 0.175 e. The highest BCUT2D eigenvalue weighted by Crippen LogP contribution is 2.41. The van der Waals surface area contributed by atoms with Crippen molar-refractivity contribution in [2.75, 3.05) is 26.2 Å². The van der Waals surface area contributed by atoms with E-state index in [0.717, 1.165) is 33.3 Å². The van der Waals surface area contributed by atoms with Crippen molar-refractivity contribution in [2.24, 2.45) is 11.7 Å². The van der Waals surface area contributed by atoms with E-state index >= 15 is 0 Å². The number of hydrogen-bond donors (Lipinski definition) is 3. The lowest BCUT2D eigenvalue weighted by Gasteiger charge is -2.52. The van der Waals surface area contributed by atoms with Crippen LogP contribution in [0.1, 0.15) is 17.8 Å². The van der Waals surface area contributed by atoms with Gasteiger partial charge in [0.25, 0.3) is 0 Å². The Kier molecular flexibility index (Phi) is 3.09. The number of piperidine rings is 3. The Balaban J connectivity index is 1.50. The highest BCUT2D eigenvalue weighted by atomic mass is 35.5. The van der Waals surface area contributed by atoms with Crippen LogP contribution in [-0.4, -0.2) is 41.6 Å². The molecule has 4 fully saturated rings. The lowest BCUT2D eigenvalue weighted by Crippen LogP contribution is -2.68. The van der Waals surface area contributed by atoms with E-state index in [9.17, 15) is 0 Å². The second-order valence-electron chi connectivity index (χ2n) is 7.12. The van der Waals surface area contributed by atoms with Gasteiger partial charge in [0.15, 0.2) is 5.79 Å². The van der Waals surface area contributed by atoms with Crippen LogP contribution in [0.5, 0.6) is 0 Å². The van der Waals surface area contributed by atoms with Crippen LogP contribution in [0.3, 0.4) is 0 Å². The lowest BCUT2D eigenvalue weighted by molar-refractivity contribution is 0.0160. The molecule has 4 N–H and O–H groups in total. The first kappa shape index (κ1) is 14.6. The van der Waals surface area contributed by atoms with E-state index in [0.29, 0.717) is 5.92 Å². The zero-order valence-corrected chi connectivity index (χ0v) is 14.4. The molecule has 2 unspecified atom stereocenters. The van der Waals surface area contributed by atoms with Gasteiger partial charge in [-0.25, -0.2) is 4.98 Å². The van der Waals surface area contributed by atoms with E-state index in [-0.39, 0.29) is 5.54 Å². The minimum Gasteiger partial charge on any atom is -0.301 e. The first-order chi connectivity index (χ1) is 11.1. The maximum atomic E-state index is 6.69. The van der Waals surface area contributed by atoms with Crippen LogP contribution < -0.4 is 16.4 Å². The van der Waals surface area contributed by atoms with Crippen LogP contribution in [0.2, 0.25) is 5.02 Å². The Morgan fingerprint density at radius 1 is 1.35 bits per heavy atom. The number of nitrogens with two attached hydrogens (primary N) is 1. The molecule has 0 amide bonds. The Bertz CT molecular complexity index is 771. The fourth-order valence-electron chi connectivity index (χ4n) is 4.49. The van der Waals surface area contributed by atoms with E-state index in [1.807, 2.05) is 18.2 Å². The smallest absolute Gasteiger partial charge is 0.175 e. The molecule has 1 spiro atoms. The summed E-state index contributed by atoms with van der Waals surface area (Å²) in [6.07, 6.45) is 2.53. The quantitative estimate of drug-likeness (QED) is 0.731. The minimum absolute atomic E-state index is 0.0841. The molecule has 1 aromatic heterocycles. The fourth-order valence-corrected chi connectivity index (χ4v) is 5.77. The molecule has 5 heterocycles. The topological polar surface area (TPSA) is 66.2 Å². The monoisotopic (exact) mass is 349 g/mol. The van der Waals surface area contributed by atoms with Crippen molar-refractivity contribution in [3.05, 3.63) is 28.2 Å². The highest BCUT2D eigenvalue weighted by molar-refractivity contribution is 7.18. The SMILES string of the molecule is NC1(c2nc3ccc(Cl)cc3s2)NCC2(CN3CCC2CC3)N1. The number of benzene rings is 1. The van der Waals surface area contributed by atoms with Crippen LogP contribution in [0.4, 0.5) is 0 Å². The molecule has 1 aromatic carbocycles. The third-order valence-corrected chi connectivity index (χ3v) is 7.08. The first-order valence-corrected chi connectivity index (χ1v) is 9.38. The molecule has 0 aliphatic carbocycles. The second-order valence-corrected chi connectivity index (χ2v) is 8.59. The second kappa shape index (κ2) is 4.88. The molecule has 0 radical (unpaired) electrons. The molecule has 4 aliphatic rings. The van der Waals surface area contributed by atoms with Crippen molar-refractivity contribution in [1.82, 2.24) is 20.5 Å². The van der Waals surface area contributed by atoms with Gasteiger partial charge in [0.2, 0.25) is 0 Å². The molecule has 7 heteroatoms. The van der Waals surface area contributed by atoms with Gasteiger partial charge in [0, 0.05) is 23.7 Å². The van der Waals surface area contributed by atoms with Gasteiger partial charge in [-0.3, -0.25) is 16.4 Å². The van der Waals surface area contributed by atoms with E-state index in [4.69, 9.17) is 22.3 Å². The first-order valence-electron chi connectivity index (χ1n) is 8.19. The van der Waals surface area contributed by atoms with Crippen molar-refractivity contribution >= 4 is 33.2 Å². The number of aromatic nitrogens is 1. The Morgan fingerprint density at radius 3 is 2.91 bits per heavy atom. The van der Waals surface area contributed by atoms with Crippen molar-refractivity contribution < 1.29 is 0 Å². The number of rotatable bonds is 1. The molecule has 2 atom stereocenters. The molecule has 5 nitrogen and oxygen atoms in total. The molecule has 0 saturated carbocycles. The van der Waals surface area contributed by atoms with Crippen molar-refractivity contribution in [3.8, 4) is 0 Å². The Hall–Kier alpha value is -0.760. The summed E-state index contributed by atoms with van der Waals surface area (Å²) in [4.78, 5) is 7.30. The predicted molar refractivity (Wildman–Crippen MR) is 93.5 cm³/mol. The maximum absolute atomic E-state index is 6.69. The van der Waals surface area contributed by atoms with E-state index < -0.39 is 5.79 Å². The summed E-state index contributed by atoms with van der Waals surface area (Å²) >= 11 is 7.71. The molecule has 4 saturated heterocycles. The van der Waals surface area contributed by atoms with Gasteiger partial charge in [-0.2, -0.15) is 0 Å². The number of hydrogen-bond acceptors (Lipinski definition) is 6. The van der Waals surface area contributed by atoms with Gasteiger partial charge in [-0.1, -0.05) is 11.6 Å². The third-order valence-electron chi connectivity index (χ3n) is 5.69. The number of fused-ring (bicyclic) bond motifs is 3. The van der Waals surface area contributed by atoms with E-state index in [1.54, 1.807) is 11.3 Å². The van der Waals surface area contributed by atoms with Gasteiger partial charge in [-0.05, 0) is 50.0 Å². The zero-order valence-electron chi connectivity index (χ0n) is 12.8. The molecule has 2 bridgehead atoms. The summed E-state index contributed by atoms with van der Waals surface area (Å²) in [6.45, 7) is 4.44. The van der Waals surface area contributed by atoms with E-state index in [2.05, 4.69) is 15.5 Å². The van der Waals surface area contributed by atoms with Gasteiger partial charge in [-0.15, -0.1) is 11.3 Å². The Morgan fingerprint density at radius 2 is 2.17 bits per heavy atom. The van der Waals surface area contributed by atoms with Gasteiger partial charge >= 0.3 is 0 Å². The normalized spacial score (nSPS) is 39.6. The van der Waals surface area contributed by atoms with Gasteiger partial charge < -0.3 is 4.90 Å². The summed E-state index contributed by atoms with van der Waals surface area (Å²) < 4.78 is 1.08. The highest BCUT2D eigenvalue weighted by Gasteiger charge is 2.55. The number of nitrogens with one attached hydrogen (secondary N) is 2. The van der Waals surface area contributed by atoms with Crippen LogP contribution in [0.25, 0.3) is 10.2 Å². The van der Waals surface area contributed by atoms with E-state index in [1.165, 1.54) is 25.9 Å². The average molecular weight is 350 g/mol. The predicted octanol–water partition coefficient (Wildman–Crippen LogP) is 1.68. The van der Waals surface area contributed by atoms with Crippen LogP contribution in [-0.2, 0) is 5.79 Å². The van der Waals surface area contributed by atoms with Crippen molar-refractivity contribution in [2.45, 2.75) is 24.2 Å². The molecule has 122 valence electrons. The largest absolute Gasteiger partial charge is 0.301 e. The number of thiazole rings is 1. The van der Waals surface area contributed by atoms with Crippen LogP contribution in [0, 0.1) is 5.92 Å². The molecule has 2 aromatic rings. The molecule has 4 aliphatic heterocycles. The fraction of sp³-hybridized carbons (Fsp3) is 0.562. The van der Waals surface area contributed by atoms with Crippen molar-refractivity contribution in [1.29, 1.82) is 0 Å². The summed E-state index contributed by atoms with van der Waals surface area (Å²) in [5.74, 6) is -0.0383. The summed E-state index contributed by atoms with van der Waals surface area (Å²) in [5.41, 5.74) is 7.73. The lowest BCUT2D eigenvalue weighted by atomic mass is 9.73. The average Bonchev–Trinajstić information content (AvgIpc) is 3.11. The summed E-state index contributed by atoms with van der Waals surface area (Å²) in [5, 5.41) is 8.90. The summed E-state index contributed by atoms with van der Waals surface area (Å²) in [7, 11) is 0. The van der Waals surface area contributed by atoms with Crippen LogP contribution in [0.15, 0.2) is 18.2 Å². The number of nitrogens with zero attached hydrogens (tertiary/aromatic N) is 2. The molecule has 6 rings (SSSR count). The molecular formula is C16H20ClN5S. The molecular weight excluding hydrogens is 330 g/mol. The number of halogens is 1. The Labute approximate surface area is 144 Å².